The van der Waals surface area contributed by atoms with Gasteiger partial charge in [-0.15, -0.1) is 0 Å². The molecule has 0 aromatic carbocycles. The van der Waals surface area contributed by atoms with Crippen LogP contribution in [0.1, 0.15) is 26.1 Å². The molecule has 96 valence electrons. The van der Waals surface area contributed by atoms with Gasteiger partial charge in [0.1, 0.15) is 11.6 Å². The minimum Gasteiger partial charge on any atom is -0.478 e. The fraction of sp³-hybridized carbons (Fsp3) is 0.667. The molecule has 0 amide bonds. The van der Waals surface area contributed by atoms with E-state index in [0.717, 1.165) is 37.7 Å². The smallest absolute Gasteiger partial charge is 0.218 e. The van der Waals surface area contributed by atoms with E-state index in [4.69, 9.17) is 4.74 Å². The molecule has 0 atom stereocenters. The minimum atomic E-state index is 0.619. The van der Waals surface area contributed by atoms with Crippen LogP contribution in [0.2, 0.25) is 0 Å². The highest BCUT2D eigenvalue weighted by molar-refractivity contribution is 5.38. The number of aromatic nitrogens is 2. The average Bonchev–Trinajstić information content (AvgIpc) is 2.28. The van der Waals surface area contributed by atoms with Gasteiger partial charge in [0, 0.05) is 19.2 Å². The second-order valence-corrected chi connectivity index (χ2v) is 3.75. The van der Waals surface area contributed by atoms with Crippen molar-refractivity contribution in [1.29, 1.82) is 0 Å². The highest BCUT2D eigenvalue weighted by Gasteiger charge is 2.01. The fourth-order valence-corrected chi connectivity index (χ4v) is 1.43. The summed E-state index contributed by atoms with van der Waals surface area (Å²) in [6.07, 6.45) is 1.15. The third kappa shape index (κ3) is 5.49. The van der Waals surface area contributed by atoms with Crippen LogP contribution in [-0.4, -0.2) is 36.2 Å². The molecule has 0 spiro atoms. The van der Waals surface area contributed by atoms with Gasteiger partial charge in [0.25, 0.3) is 0 Å². The lowest BCUT2D eigenvalue weighted by atomic mass is 10.4. The van der Waals surface area contributed by atoms with Crippen LogP contribution in [0.15, 0.2) is 6.07 Å². The highest BCUT2D eigenvalue weighted by atomic mass is 16.5. The third-order valence-corrected chi connectivity index (χ3v) is 2.14. The van der Waals surface area contributed by atoms with Crippen molar-refractivity contribution in [3.63, 3.8) is 0 Å². The molecule has 0 aliphatic heterocycles. The standard InChI is InChI=1S/C12H22N4O/c1-4-6-13-7-8-14-11-9-12(17-5-2)16-10(3)15-11/h9,13H,4-8H2,1-3H3,(H,14,15,16). The number of hydrogen-bond acceptors (Lipinski definition) is 5. The molecule has 0 saturated heterocycles. The zero-order valence-corrected chi connectivity index (χ0v) is 10.9. The maximum Gasteiger partial charge on any atom is 0.218 e. The molecule has 5 heteroatoms. The number of hydrogen-bond donors (Lipinski definition) is 2. The summed E-state index contributed by atoms with van der Waals surface area (Å²) in [5.41, 5.74) is 0. The molecule has 0 saturated carbocycles. The maximum absolute atomic E-state index is 5.37. The maximum atomic E-state index is 5.37. The van der Waals surface area contributed by atoms with Crippen LogP contribution in [0.25, 0.3) is 0 Å². The summed E-state index contributed by atoms with van der Waals surface area (Å²) in [6, 6.07) is 1.83. The highest BCUT2D eigenvalue weighted by Crippen LogP contribution is 2.12. The van der Waals surface area contributed by atoms with Crippen LogP contribution in [0, 0.1) is 6.92 Å². The van der Waals surface area contributed by atoms with Gasteiger partial charge in [-0.2, -0.15) is 4.98 Å². The molecule has 1 heterocycles. The Morgan fingerprint density at radius 1 is 1.18 bits per heavy atom. The lowest BCUT2D eigenvalue weighted by Gasteiger charge is -2.09. The Labute approximate surface area is 103 Å². The van der Waals surface area contributed by atoms with Gasteiger partial charge < -0.3 is 15.4 Å². The van der Waals surface area contributed by atoms with Gasteiger partial charge in [-0.25, -0.2) is 4.98 Å². The zero-order valence-electron chi connectivity index (χ0n) is 10.9. The van der Waals surface area contributed by atoms with Crippen molar-refractivity contribution < 1.29 is 4.74 Å². The number of nitrogens with zero attached hydrogens (tertiary/aromatic N) is 2. The van der Waals surface area contributed by atoms with E-state index in [1.165, 1.54) is 0 Å². The van der Waals surface area contributed by atoms with Gasteiger partial charge in [0.05, 0.1) is 6.61 Å². The van der Waals surface area contributed by atoms with E-state index in [9.17, 15) is 0 Å². The summed E-state index contributed by atoms with van der Waals surface area (Å²) in [4.78, 5) is 8.50. The first-order chi connectivity index (χ1) is 8.26. The molecule has 0 aliphatic carbocycles. The van der Waals surface area contributed by atoms with Crippen molar-refractivity contribution in [3.8, 4) is 5.88 Å². The fourth-order valence-electron chi connectivity index (χ4n) is 1.43. The molecule has 17 heavy (non-hydrogen) atoms. The number of aryl methyl sites for hydroxylation is 1. The summed E-state index contributed by atoms with van der Waals surface area (Å²) in [5.74, 6) is 2.17. The van der Waals surface area contributed by atoms with E-state index < -0.39 is 0 Å². The van der Waals surface area contributed by atoms with Crippen LogP contribution in [0.3, 0.4) is 0 Å². The Hall–Kier alpha value is -1.36. The molecule has 0 fully saturated rings. The van der Waals surface area contributed by atoms with Crippen molar-refractivity contribution >= 4 is 5.82 Å². The topological polar surface area (TPSA) is 59.1 Å². The number of anilines is 1. The van der Waals surface area contributed by atoms with Gasteiger partial charge in [-0.1, -0.05) is 6.92 Å². The number of ether oxygens (including phenoxy) is 1. The average molecular weight is 238 g/mol. The molecule has 2 N–H and O–H groups in total. The number of nitrogens with one attached hydrogen (secondary N) is 2. The Balaban J connectivity index is 2.41. The van der Waals surface area contributed by atoms with Gasteiger partial charge in [0.2, 0.25) is 5.88 Å². The van der Waals surface area contributed by atoms with E-state index in [1.54, 1.807) is 0 Å². The van der Waals surface area contributed by atoms with E-state index in [1.807, 2.05) is 19.9 Å². The van der Waals surface area contributed by atoms with Crippen LogP contribution < -0.4 is 15.4 Å². The summed E-state index contributed by atoms with van der Waals surface area (Å²) < 4.78 is 5.37. The summed E-state index contributed by atoms with van der Waals surface area (Å²) >= 11 is 0. The Morgan fingerprint density at radius 2 is 2.00 bits per heavy atom. The molecule has 0 aliphatic rings. The van der Waals surface area contributed by atoms with Gasteiger partial charge >= 0.3 is 0 Å². The monoisotopic (exact) mass is 238 g/mol. The van der Waals surface area contributed by atoms with Crippen molar-refractivity contribution in [2.75, 3.05) is 31.6 Å². The first-order valence-corrected chi connectivity index (χ1v) is 6.19. The summed E-state index contributed by atoms with van der Waals surface area (Å²) in [6.45, 7) is 9.41. The predicted octanol–water partition coefficient (Wildman–Crippen LogP) is 1.60. The molecule has 0 radical (unpaired) electrons. The minimum absolute atomic E-state index is 0.619. The van der Waals surface area contributed by atoms with E-state index in [2.05, 4.69) is 27.5 Å². The Bertz CT molecular complexity index is 330. The molecule has 5 nitrogen and oxygen atoms in total. The second kappa shape index (κ2) is 7.84. The normalized spacial score (nSPS) is 10.3. The molecule has 0 bridgehead atoms. The molecular formula is C12H22N4O. The van der Waals surface area contributed by atoms with Crippen LogP contribution in [0.5, 0.6) is 5.88 Å². The van der Waals surface area contributed by atoms with E-state index >= 15 is 0 Å². The van der Waals surface area contributed by atoms with Gasteiger partial charge in [-0.3, -0.25) is 0 Å². The van der Waals surface area contributed by atoms with Crippen LogP contribution in [0.4, 0.5) is 5.82 Å². The van der Waals surface area contributed by atoms with Crippen molar-refractivity contribution in [2.45, 2.75) is 27.2 Å². The van der Waals surface area contributed by atoms with Gasteiger partial charge in [0.15, 0.2) is 0 Å². The first-order valence-electron chi connectivity index (χ1n) is 6.19. The van der Waals surface area contributed by atoms with Crippen molar-refractivity contribution in [1.82, 2.24) is 15.3 Å². The van der Waals surface area contributed by atoms with Crippen LogP contribution in [-0.2, 0) is 0 Å². The second-order valence-electron chi connectivity index (χ2n) is 3.75. The largest absolute Gasteiger partial charge is 0.478 e. The molecular weight excluding hydrogens is 216 g/mol. The Kier molecular flexibility index (Phi) is 6.32. The lowest BCUT2D eigenvalue weighted by Crippen LogP contribution is -2.23. The molecule has 0 unspecified atom stereocenters. The van der Waals surface area contributed by atoms with Crippen molar-refractivity contribution in [2.24, 2.45) is 0 Å². The third-order valence-electron chi connectivity index (χ3n) is 2.14. The zero-order chi connectivity index (χ0) is 12.5. The van der Waals surface area contributed by atoms with Crippen LogP contribution >= 0.6 is 0 Å². The van der Waals surface area contributed by atoms with E-state index in [-0.39, 0.29) is 0 Å². The molecule has 1 aromatic rings. The van der Waals surface area contributed by atoms with Crippen molar-refractivity contribution in [3.05, 3.63) is 11.9 Å². The molecule has 1 rings (SSSR count). The number of rotatable bonds is 8. The first kappa shape index (κ1) is 13.7. The van der Waals surface area contributed by atoms with Gasteiger partial charge in [-0.05, 0) is 26.8 Å². The lowest BCUT2D eigenvalue weighted by molar-refractivity contribution is 0.325. The predicted molar refractivity (Wildman–Crippen MR) is 69.6 cm³/mol. The SMILES string of the molecule is CCCNCCNc1cc(OCC)nc(C)n1. The van der Waals surface area contributed by atoms with E-state index in [0.29, 0.717) is 12.5 Å². The summed E-state index contributed by atoms with van der Waals surface area (Å²) in [7, 11) is 0. The quantitative estimate of drug-likeness (QED) is 0.674. The Morgan fingerprint density at radius 3 is 2.71 bits per heavy atom. The molecule has 1 aromatic heterocycles. The summed E-state index contributed by atoms with van der Waals surface area (Å²) in [5, 5.41) is 6.57.